The first kappa shape index (κ1) is 15.7. The van der Waals surface area contributed by atoms with Crippen LogP contribution in [0.4, 0.5) is 17.2 Å². The number of nitrogens with one attached hydrogen (secondary N) is 2. The summed E-state index contributed by atoms with van der Waals surface area (Å²) in [6.07, 6.45) is 8.92. The molecule has 1 saturated carbocycles. The van der Waals surface area contributed by atoms with E-state index < -0.39 is 5.66 Å². The second-order valence-electron chi connectivity index (χ2n) is 6.65. The first-order valence-electron chi connectivity index (χ1n) is 8.59. The molecule has 5 N–H and O–H groups in total. The molecular formula is C18H22N6O. The van der Waals surface area contributed by atoms with Crippen molar-refractivity contribution < 1.29 is 5.11 Å². The van der Waals surface area contributed by atoms with Crippen LogP contribution in [-0.4, -0.2) is 25.4 Å². The normalized spacial score (nSPS) is 16.7. The number of benzene rings is 1. The highest BCUT2D eigenvalue weighted by molar-refractivity contribution is 5.76. The molecular weight excluding hydrogens is 316 g/mol. The highest BCUT2D eigenvalue weighted by atomic mass is 16.3. The van der Waals surface area contributed by atoms with Crippen LogP contribution in [0.3, 0.4) is 0 Å². The fourth-order valence-corrected chi connectivity index (χ4v) is 3.33. The first-order valence-corrected chi connectivity index (χ1v) is 8.59. The number of phenolic OH excluding ortho intramolecular Hbond substituents is 1. The fourth-order valence-electron chi connectivity index (χ4n) is 3.33. The van der Waals surface area contributed by atoms with E-state index >= 15 is 0 Å². The Morgan fingerprint density at radius 3 is 2.64 bits per heavy atom. The number of nitrogens with zero attached hydrogens (tertiary/aromatic N) is 3. The number of nitrogens with two attached hydrogens (primary N) is 1. The van der Waals surface area contributed by atoms with Gasteiger partial charge >= 0.3 is 0 Å². The lowest BCUT2D eigenvalue weighted by molar-refractivity contribution is 0.332. The van der Waals surface area contributed by atoms with Crippen molar-refractivity contribution in [3.63, 3.8) is 0 Å². The van der Waals surface area contributed by atoms with Gasteiger partial charge in [-0.1, -0.05) is 6.42 Å². The monoisotopic (exact) mass is 338 g/mol. The quantitative estimate of drug-likeness (QED) is 0.430. The van der Waals surface area contributed by atoms with E-state index in [1.165, 1.54) is 6.42 Å². The van der Waals surface area contributed by atoms with Crippen LogP contribution in [0.2, 0.25) is 0 Å². The molecule has 1 aliphatic rings. The predicted molar refractivity (Wildman–Crippen MR) is 98.0 cm³/mol. The molecule has 0 atom stereocenters. The number of phenols is 1. The van der Waals surface area contributed by atoms with Gasteiger partial charge in [0.25, 0.3) is 0 Å². The van der Waals surface area contributed by atoms with Gasteiger partial charge in [0.05, 0.1) is 11.4 Å². The van der Waals surface area contributed by atoms with Gasteiger partial charge in [-0.2, -0.15) is 0 Å². The molecule has 1 fully saturated rings. The summed E-state index contributed by atoms with van der Waals surface area (Å²) in [5.41, 5.74) is 8.52. The van der Waals surface area contributed by atoms with Crippen molar-refractivity contribution in [3.05, 3.63) is 42.7 Å². The smallest absolute Gasteiger partial charge is 0.177 e. The van der Waals surface area contributed by atoms with Crippen molar-refractivity contribution in [1.29, 1.82) is 0 Å². The molecule has 7 heteroatoms. The van der Waals surface area contributed by atoms with E-state index in [1.54, 1.807) is 22.8 Å². The third-order valence-corrected chi connectivity index (χ3v) is 4.63. The summed E-state index contributed by atoms with van der Waals surface area (Å²) < 4.78 is 1.73. The average Bonchev–Trinajstić information content (AvgIpc) is 3.06. The number of rotatable bonds is 4. The van der Waals surface area contributed by atoms with Gasteiger partial charge in [-0.15, -0.1) is 5.10 Å². The van der Waals surface area contributed by atoms with Crippen LogP contribution in [0.5, 0.6) is 5.75 Å². The van der Waals surface area contributed by atoms with E-state index in [0.29, 0.717) is 0 Å². The standard InChI is InChI=1S/C18H22N6O/c19-18(8-2-1-3-9-18)22-16-12-15(17-20-10-11-24(17)23-16)21-13-4-6-14(25)7-5-13/h4-7,10-12,21,25H,1-3,8-9,19H2,(H,22,23). The van der Waals surface area contributed by atoms with Crippen LogP contribution < -0.4 is 16.4 Å². The minimum absolute atomic E-state index is 0.232. The van der Waals surface area contributed by atoms with Gasteiger partial charge in [0.15, 0.2) is 11.5 Å². The lowest BCUT2D eigenvalue weighted by atomic mass is 9.90. The second kappa shape index (κ2) is 6.25. The zero-order valence-corrected chi connectivity index (χ0v) is 13.9. The van der Waals surface area contributed by atoms with Crippen LogP contribution in [0, 0.1) is 0 Å². The maximum absolute atomic E-state index is 9.44. The van der Waals surface area contributed by atoms with Crippen LogP contribution in [0.15, 0.2) is 42.7 Å². The molecule has 7 nitrogen and oxygen atoms in total. The summed E-state index contributed by atoms with van der Waals surface area (Å²) in [6.45, 7) is 0. The van der Waals surface area contributed by atoms with E-state index in [2.05, 4.69) is 20.7 Å². The summed E-state index contributed by atoms with van der Waals surface area (Å²) in [6, 6.07) is 8.84. The number of hydrogen-bond donors (Lipinski definition) is 4. The van der Waals surface area contributed by atoms with E-state index in [-0.39, 0.29) is 5.75 Å². The van der Waals surface area contributed by atoms with E-state index in [9.17, 15) is 5.11 Å². The van der Waals surface area contributed by atoms with Gasteiger partial charge in [0.2, 0.25) is 0 Å². The molecule has 0 spiro atoms. The Morgan fingerprint density at radius 1 is 1.12 bits per heavy atom. The molecule has 0 aliphatic heterocycles. The molecule has 1 aromatic carbocycles. The van der Waals surface area contributed by atoms with Crippen LogP contribution in [-0.2, 0) is 0 Å². The molecule has 0 saturated heterocycles. The maximum atomic E-state index is 9.44. The Labute approximate surface area is 145 Å². The summed E-state index contributed by atoms with van der Waals surface area (Å²) in [4.78, 5) is 4.37. The van der Waals surface area contributed by atoms with Gasteiger partial charge in [0, 0.05) is 24.1 Å². The number of imidazole rings is 1. The lowest BCUT2D eigenvalue weighted by Gasteiger charge is -2.34. The van der Waals surface area contributed by atoms with Crippen molar-refractivity contribution in [2.24, 2.45) is 5.73 Å². The van der Waals surface area contributed by atoms with Crippen molar-refractivity contribution in [2.45, 2.75) is 37.8 Å². The Hall–Kier alpha value is -2.80. The molecule has 1 aliphatic carbocycles. The van der Waals surface area contributed by atoms with Crippen molar-refractivity contribution in [2.75, 3.05) is 10.6 Å². The minimum atomic E-state index is -0.407. The Balaban J connectivity index is 1.66. The molecule has 0 radical (unpaired) electrons. The van der Waals surface area contributed by atoms with E-state index in [0.717, 1.165) is 48.5 Å². The number of fused-ring (bicyclic) bond motifs is 1. The number of aromatic nitrogens is 3. The van der Waals surface area contributed by atoms with Crippen molar-refractivity contribution >= 4 is 22.8 Å². The van der Waals surface area contributed by atoms with Gasteiger partial charge in [-0.05, 0) is 49.9 Å². The van der Waals surface area contributed by atoms with Gasteiger partial charge in [-0.25, -0.2) is 9.50 Å². The fraction of sp³-hybridized carbons (Fsp3) is 0.333. The van der Waals surface area contributed by atoms with Crippen LogP contribution >= 0.6 is 0 Å². The maximum Gasteiger partial charge on any atom is 0.177 e. The molecule has 3 aromatic rings. The molecule has 130 valence electrons. The van der Waals surface area contributed by atoms with Crippen LogP contribution in [0.25, 0.3) is 5.65 Å². The summed E-state index contributed by atoms with van der Waals surface area (Å²) >= 11 is 0. The molecule has 2 aromatic heterocycles. The van der Waals surface area contributed by atoms with Gasteiger partial charge in [-0.3, -0.25) is 0 Å². The number of hydrogen-bond acceptors (Lipinski definition) is 6. The Kier molecular flexibility index (Phi) is 3.93. The second-order valence-corrected chi connectivity index (χ2v) is 6.65. The Bertz CT molecular complexity index is 867. The Morgan fingerprint density at radius 2 is 1.88 bits per heavy atom. The molecule has 0 unspecified atom stereocenters. The SMILES string of the molecule is NC1(Nc2cc(Nc3ccc(O)cc3)c3nccn3n2)CCCCC1. The summed E-state index contributed by atoms with van der Waals surface area (Å²) in [7, 11) is 0. The number of aromatic hydroxyl groups is 1. The molecule has 4 rings (SSSR count). The van der Waals surface area contributed by atoms with E-state index in [4.69, 9.17) is 5.73 Å². The zero-order valence-electron chi connectivity index (χ0n) is 13.9. The molecule has 0 bridgehead atoms. The first-order chi connectivity index (χ1) is 12.1. The third kappa shape index (κ3) is 3.36. The third-order valence-electron chi connectivity index (χ3n) is 4.63. The van der Waals surface area contributed by atoms with Gasteiger partial charge < -0.3 is 21.5 Å². The summed E-state index contributed by atoms with van der Waals surface area (Å²) in [5, 5.41) is 20.8. The zero-order chi connectivity index (χ0) is 17.3. The lowest BCUT2D eigenvalue weighted by Crippen LogP contribution is -2.49. The van der Waals surface area contributed by atoms with E-state index in [1.807, 2.05) is 24.4 Å². The van der Waals surface area contributed by atoms with Gasteiger partial charge in [0.1, 0.15) is 5.75 Å². The highest BCUT2D eigenvalue weighted by Gasteiger charge is 2.27. The average molecular weight is 338 g/mol. The largest absolute Gasteiger partial charge is 0.508 e. The van der Waals surface area contributed by atoms with Crippen molar-refractivity contribution in [3.8, 4) is 5.75 Å². The molecule has 25 heavy (non-hydrogen) atoms. The highest BCUT2D eigenvalue weighted by Crippen LogP contribution is 2.29. The number of anilines is 3. The summed E-state index contributed by atoms with van der Waals surface area (Å²) in [5.74, 6) is 0.951. The molecule has 0 amide bonds. The topological polar surface area (TPSA) is 100 Å². The predicted octanol–water partition coefficient (Wildman–Crippen LogP) is 3.21. The minimum Gasteiger partial charge on any atom is -0.508 e. The van der Waals surface area contributed by atoms with Crippen molar-refractivity contribution in [1.82, 2.24) is 14.6 Å². The van der Waals surface area contributed by atoms with Crippen LogP contribution in [0.1, 0.15) is 32.1 Å². The molecule has 2 heterocycles.